The molecule has 0 heterocycles. The molecule has 0 rings (SSSR count). The van der Waals surface area contributed by atoms with Crippen LogP contribution in [0.15, 0.2) is 85.1 Å². The summed E-state index contributed by atoms with van der Waals surface area (Å²) in [5, 5.41) is 0. The van der Waals surface area contributed by atoms with Gasteiger partial charge in [-0.05, 0) is 116 Å². The fourth-order valence-corrected chi connectivity index (χ4v) is 7.63. The van der Waals surface area contributed by atoms with Gasteiger partial charge in [0.05, 0.1) is 0 Å². The van der Waals surface area contributed by atoms with Crippen LogP contribution in [0.2, 0.25) is 0 Å². The van der Waals surface area contributed by atoms with E-state index in [4.69, 9.17) is 14.2 Å². The first-order valence-electron chi connectivity index (χ1n) is 28.1. The predicted octanol–water partition coefficient (Wildman–Crippen LogP) is 18.8. The molecule has 384 valence electrons. The van der Waals surface area contributed by atoms with Crippen LogP contribution in [-0.4, -0.2) is 37.2 Å². The molecule has 0 aromatic heterocycles. The Kier molecular flexibility index (Phi) is 52.4. The van der Waals surface area contributed by atoms with Gasteiger partial charge in [-0.3, -0.25) is 14.4 Å². The highest BCUT2D eigenvalue weighted by molar-refractivity contribution is 5.71. The first-order chi connectivity index (χ1) is 33.0. The Balaban J connectivity index is 4.45. The van der Waals surface area contributed by atoms with E-state index in [0.717, 1.165) is 135 Å². The Morgan fingerprint density at radius 2 is 0.582 bits per heavy atom. The molecule has 0 aliphatic rings. The van der Waals surface area contributed by atoms with Crippen LogP contribution in [0.5, 0.6) is 0 Å². The second-order valence-electron chi connectivity index (χ2n) is 18.5. The monoisotopic (exact) mass is 933 g/mol. The van der Waals surface area contributed by atoms with Gasteiger partial charge in [0.2, 0.25) is 0 Å². The van der Waals surface area contributed by atoms with Crippen LogP contribution in [0, 0.1) is 0 Å². The minimum Gasteiger partial charge on any atom is -0.462 e. The lowest BCUT2D eigenvalue weighted by Gasteiger charge is -2.18. The van der Waals surface area contributed by atoms with Crippen LogP contribution >= 0.6 is 0 Å². The molecule has 0 saturated heterocycles. The van der Waals surface area contributed by atoms with Crippen LogP contribution in [0.25, 0.3) is 0 Å². The van der Waals surface area contributed by atoms with Gasteiger partial charge in [-0.1, -0.05) is 215 Å². The minimum atomic E-state index is -0.795. The number of ether oxygens (including phenoxy) is 3. The maximum absolute atomic E-state index is 12.8. The predicted molar refractivity (Wildman–Crippen MR) is 288 cm³/mol. The Morgan fingerprint density at radius 3 is 0.910 bits per heavy atom. The van der Waals surface area contributed by atoms with Crippen LogP contribution in [-0.2, 0) is 28.6 Å². The summed E-state index contributed by atoms with van der Waals surface area (Å²) in [6.07, 6.45) is 71.3. The molecule has 0 aliphatic carbocycles. The molecule has 0 aliphatic heterocycles. The molecule has 1 atom stereocenters. The number of esters is 3. The van der Waals surface area contributed by atoms with E-state index in [-0.39, 0.29) is 31.1 Å². The highest BCUT2D eigenvalue weighted by Crippen LogP contribution is 2.14. The molecular formula is C61H104O6. The zero-order valence-corrected chi connectivity index (χ0v) is 43.9. The summed E-state index contributed by atoms with van der Waals surface area (Å²) in [6.45, 7) is 6.47. The number of carbonyl (C=O) groups excluding carboxylic acids is 3. The van der Waals surface area contributed by atoms with E-state index in [9.17, 15) is 14.4 Å². The number of unbranched alkanes of at least 4 members (excludes halogenated alkanes) is 25. The number of allylic oxidation sites excluding steroid dienone is 14. The molecular weight excluding hydrogens is 829 g/mol. The number of carbonyl (C=O) groups is 3. The lowest BCUT2D eigenvalue weighted by molar-refractivity contribution is -0.167. The first-order valence-corrected chi connectivity index (χ1v) is 28.1. The third kappa shape index (κ3) is 53.4. The highest BCUT2D eigenvalue weighted by Gasteiger charge is 2.19. The van der Waals surface area contributed by atoms with Crippen LogP contribution in [0.4, 0.5) is 0 Å². The van der Waals surface area contributed by atoms with Crippen LogP contribution in [0.3, 0.4) is 0 Å². The third-order valence-corrected chi connectivity index (χ3v) is 11.9. The van der Waals surface area contributed by atoms with Crippen molar-refractivity contribution in [1.29, 1.82) is 0 Å². The minimum absolute atomic E-state index is 0.0923. The molecule has 0 amide bonds. The van der Waals surface area contributed by atoms with Crippen molar-refractivity contribution in [3.8, 4) is 0 Å². The van der Waals surface area contributed by atoms with E-state index >= 15 is 0 Å². The van der Waals surface area contributed by atoms with E-state index in [1.165, 1.54) is 89.9 Å². The molecule has 0 spiro atoms. The van der Waals surface area contributed by atoms with Crippen LogP contribution in [0.1, 0.15) is 265 Å². The largest absolute Gasteiger partial charge is 0.462 e. The summed E-state index contributed by atoms with van der Waals surface area (Å²) in [6, 6.07) is 0. The fraction of sp³-hybridized carbons (Fsp3) is 0.721. The quantitative estimate of drug-likeness (QED) is 0.0262. The van der Waals surface area contributed by atoms with E-state index in [1.807, 2.05) is 0 Å². The fourth-order valence-electron chi connectivity index (χ4n) is 7.63. The lowest BCUT2D eigenvalue weighted by atomic mass is 10.1. The van der Waals surface area contributed by atoms with Crippen molar-refractivity contribution in [2.24, 2.45) is 0 Å². The Hall–Kier alpha value is -3.41. The van der Waals surface area contributed by atoms with Gasteiger partial charge in [0.25, 0.3) is 0 Å². The zero-order chi connectivity index (χ0) is 48.6. The molecule has 0 fully saturated rings. The second kappa shape index (κ2) is 55.2. The van der Waals surface area contributed by atoms with Crippen molar-refractivity contribution in [1.82, 2.24) is 0 Å². The van der Waals surface area contributed by atoms with E-state index in [0.29, 0.717) is 19.3 Å². The summed E-state index contributed by atoms with van der Waals surface area (Å²) in [5.41, 5.74) is 0. The van der Waals surface area contributed by atoms with Gasteiger partial charge in [-0.2, -0.15) is 0 Å². The van der Waals surface area contributed by atoms with Gasteiger partial charge in [0.1, 0.15) is 13.2 Å². The molecule has 0 aromatic carbocycles. The van der Waals surface area contributed by atoms with Gasteiger partial charge in [-0.25, -0.2) is 0 Å². The molecule has 6 heteroatoms. The van der Waals surface area contributed by atoms with Crippen molar-refractivity contribution in [2.45, 2.75) is 271 Å². The maximum atomic E-state index is 12.8. The van der Waals surface area contributed by atoms with Crippen molar-refractivity contribution < 1.29 is 28.6 Å². The lowest BCUT2D eigenvalue weighted by Crippen LogP contribution is -2.30. The molecule has 6 nitrogen and oxygen atoms in total. The number of hydrogen-bond acceptors (Lipinski definition) is 6. The molecule has 1 unspecified atom stereocenters. The van der Waals surface area contributed by atoms with Gasteiger partial charge < -0.3 is 14.2 Å². The SMILES string of the molecule is CC/C=C\C/C=C\C/C=C\CCCCCCCCCC(=O)OCC(COC(=O)CCCCCCC/C=C\C/C=C\CCCCCC)OC(=O)CCCCCCC/C=C\C/C=C\CCCCCC. The third-order valence-electron chi connectivity index (χ3n) is 11.9. The summed E-state index contributed by atoms with van der Waals surface area (Å²) in [5.74, 6) is -0.925. The average molecular weight is 933 g/mol. The van der Waals surface area contributed by atoms with Gasteiger partial charge >= 0.3 is 17.9 Å². The Morgan fingerprint density at radius 1 is 0.313 bits per heavy atom. The Labute approximate surface area is 414 Å². The molecule has 0 aromatic rings. The topological polar surface area (TPSA) is 78.9 Å². The van der Waals surface area contributed by atoms with Gasteiger partial charge in [-0.15, -0.1) is 0 Å². The molecule has 0 saturated carbocycles. The number of rotatable bonds is 50. The summed E-state index contributed by atoms with van der Waals surface area (Å²) < 4.78 is 16.8. The van der Waals surface area contributed by atoms with Crippen molar-refractivity contribution in [2.75, 3.05) is 13.2 Å². The maximum Gasteiger partial charge on any atom is 0.306 e. The van der Waals surface area contributed by atoms with E-state index in [1.54, 1.807) is 0 Å². The smallest absolute Gasteiger partial charge is 0.306 e. The molecule has 0 radical (unpaired) electrons. The van der Waals surface area contributed by atoms with Crippen molar-refractivity contribution in [3.05, 3.63) is 85.1 Å². The summed E-state index contributed by atoms with van der Waals surface area (Å²) in [4.78, 5) is 38.1. The van der Waals surface area contributed by atoms with Gasteiger partial charge in [0, 0.05) is 19.3 Å². The highest BCUT2D eigenvalue weighted by atomic mass is 16.6. The normalized spacial score (nSPS) is 12.7. The second-order valence-corrected chi connectivity index (χ2v) is 18.5. The molecule has 0 bridgehead atoms. The summed E-state index contributed by atoms with van der Waals surface area (Å²) >= 11 is 0. The number of hydrogen-bond donors (Lipinski definition) is 0. The van der Waals surface area contributed by atoms with Crippen LogP contribution < -0.4 is 0 Å². The average Bonchev–Trinajstić information content (AvgIpc) is 3.33. The van der Waals surface area contributed by atoms with E-state index < -0.39 is 6.10 Å². The van der Waals surface area contributed by atoms with Crippen molar-refractivity contribution >= 4 is 17.9 Å². The standard InChI is InChI=1S/C61H104O6/c1-4-7-10-13-16-19-22-25-28-31-34-36-39-42-45-48-51-54-60(63)66-57-58(67-61(64)55-52-49-46-43-40-37-33-30-27-24-21-18-15-12-9-6-3)56-65-59(62)53-50-47-44-41-38-35-32-29-26-23-20-17-14-11-8-5-2/h7,10,16,19-21,23-25,28-30,32-33,58H,4-6,8-9,11-15,17-18,22,26-27,31,34-57H2,1-3H3/b10-7-,19-16-,23-20-,24-21-,28-25-,32-29-,33-30-. The van der Waals surface area contributed by atoms with Crippen molar-refractivity contribution in [3.63, 3.8) is 0 Å². The zero-order valence-electron chi connectivity index (χ0n) is 43.9. The molecule has 67 heavy (non-hydrogen) atoms. The Bertz CT molecular complexity index is 1300. The first kappa shape index (κ1) is 63.6. The van der Waals surface area contributed by atoms with Gasteiger partial charge in [0.15, 0.2) is 6.10 Å². The molecule has 0 N–H and O–H groups in total. The van der Waals surface area contributed by atoms with E-state index in [2.05, 4.69) is 106 Å². The summed E-state index contributed by atoms with van der Waals surface area (Å²) in [7, 11) is 0.